The summed E-state index contributed by atoms with van der Waals surface area (Å²) in [7, 11) is 0. The van der Waals surface area contributed by atoms with E-state index in [4.69, 9.17) is 0 Å². The highest BCUT2D eigenvalue weighted by molar-refractivity contribution is 5.89. The van der Waals surface area contributed by atoms with E-state index in [0.29, 0.717) is 0 Å². The Morgan fingerprint density at radius 1 is 1.17 bits per heavy atom. The van der Waals surface area contributed by atoms with E-state index in [1.807, 2.05) is 31.2 Å². The van der Waals surface area contributed by atoms with Crippen LogP contribution in [-0.2, 0) is 12.8 Å². The molecular weight excluding hydrogens is 298 g/mol. The monoisotopic (exact) mass is 319 g/mol. The molecule has 0 fully saturated rings. The van der Waals surface area contributed by atoms with Crippen molar-refractivity contribution < 1.29 is 4.79 Å². The first-order valence-electron chi connectivity index (χ1n) is 8.42. The molecule has 1 atom stereocenters. The number of H-pyrrole nitrogens is 1. The van der Waals surface area contributed by atoms with Crippen molar-refractivity contribution in [1.82, 2.24) is 10.3 Å². The third-order valence-electron chi connectivity index (χ3n) is 4.71. The first kappa shape index (κ1) is 14.8. The number of amides is 2. The van der Waals surface area contributed by atoms with Crippen molar-refractivity contribution >= 4 is 22.6 Å². The first-order chi connectivity index (χ1) is 11.7. The van der Waals surface area contributed by atoms with Crippen LogP contribution in [0.5, 0.6) is 0 Å². The molecule has 0 spiro atoms. The van der Waals surface area contributed by atoms with E-state index in [1.54, 1.807) is 0 Å². The maximum absolute atomic E-state index is 12.2. The van der Waals surface area contributed by atoms with Gasteiger partial charge in [-0.25, -0.2) is 4.79 Å². The van der Waals surface area contributed by atoms with E-state index in [1.165, 1.54) is 22.2 Å². The van der Waals surface area contributed by atoms with Crippen LogP contribution < -0.4 is 10.6 Å². The summed E-state index contributed by atoms with van der Waals surface area (Å²) in [5, 5.41) is 7.34. The van der Waals surface area contributed by atoms with Crippen LogP contribution in [0.2, 0.25) is 0 Å². The van der Waals surface area contributed by atoms with Crippen molar-refractivity contribution in [3.05, 3.63) is 65.4 Å². The van der Waals surface area contributed by atoms with Gasteiger partial charge in [0.1, 0.15) is 0 Å². The molecule has 0 radical (unpaired) electrons. The van der Waals surface area contributed by atoms with Crippen LogP contribution in [0.4, 0.5) is 10.5 Å². The minimum absolute atomic E-state index is 0.134. The number of nitrogens with one attached hydrogen (secondary N) is 3. The zero-order valence-corrected chi connectivity index (χ0v) is 13.7. The molecular formula is C20H21N3O. The molecule has 0 saturated heterocycles. The highest BCUT2D eigenvalue weighted by Crippen LogP contribution is 2.29. The van der Waals surface area contributed by atoms with Gasteiger partial charge in [0.2, 0.25) is 0 Å². The molecule has 2 aromatic carbocycles. The number of hydrogen-bond donors (Lipinski definition) is 3. The van der Waals surface area contributed by atoms with Gasteiger partial charge in [-0.1, -0.05) is 30.3 Å². The topological polar surface area (TPSA) is 56.9 Å². The van der Waals surface area contributed by atoms with Gasteiger partial charge in [-0.3, -0.25) is 0 Å². The van der Waals surface area contributed by atoms with Crippen molar-refractivity contribution in [3.8, 4) is 0 Å². The van der Waals surface area contributed by atoms with E-state index in [0.717, 1.165) is 30.5 Å². The number of benzene rings is 2. The predicted octanol–water partition coefficient (Wildman–Crippen LogP) is 4.16. The second kappa shape index (κ2) is 6.04. The fraction of sp³-hybridized carbons (Fsp3) is 0.250. The quantitative estimate of drug-likeness (QED) is 0.653. The van der Waals surface area contributed by atoms with Crippen LogP contribution in [-0.4, -0.2) is 17.1 Å². The highest BCUT2D eigenvalue weighted by Gasteiger charge is 2.23. The molecule has 122 valence electrons. The summed E-state index contributed by atoms with van der Waals surface area (Å²) in [5.74, 6) is 0. The van der Waals surface area contributed by atoms with Crippen molar-refractivity contribution in [2.45, 2.75) is 32.2 Å². The molecule has 1 aliphatic rings. The van der Waals surface area contributed by atoms with Gasteiger partial charge < -0.3 is 15.6 Å². The number of para-hydroxylation sites is 1. The van der Waals surface area contributed by atoms with Crippen LogP contribution in [0, 0.1) is 6.92 Å². The third kappa shape index (κ3) is 2.87. The summed E-state index contributed by atoms with van der Waals surface area (Å²) in [4.78, 5) is 15.7. The minimum atomic E-state index is -0.134. The van der Waals surface area contributed by atoms with E-state index in [2.05, 4.69) is 39.9 Å². The van der Waals surface area contributed by atoms with E-state index in [9.17, 15) is 4.79 Å². The molecule has 1 aliphatic carbocycles. The highest BCUT2D eigenvalue weighted by atomic mass is 16.2. The van der Waals surface area contributed by atoms with E-state index in [-0.39, 0.29) is 12.1 Å². The number of carbonyl (C=O) groups is 1. The summed E-state index contributed by atoms with van der Waals surface area (Å²) in [6.07, 6.45) is 2.82. The Hall–Kier alpha value is -2.75. The van der Waals surface area contributed by atoms with Crippen LogP contribution >= 0.6 is 0 Å². The third-order valence-corrected chi connectivity index (χ3v) is 4.71. The van der Waals surface area contributed by atoms with E-state index >= 15 is 0 Å². The Morgan fingerprint density at radius 3 is 2.92 bits per heavy atom. The fourth-order valence-electron chi connectivity index (χ4n) is 3.58. The normalized spacial score (nSPS) is 16.6. The lowest BCUT2D eigenvalue weighted by molar-refractivity contribution is 0.247. The number of aromatic nitrogens is 1. The summed E-state index contributed by atoms with van der Waals surface area (Å²) < 4.78 is 0. The predicted molar refractivity (Wildman–Crippen MR) is 97.4 cm³/mol. The van der Waals surface area contributed by atoms with Crippen molar-refractivity contribution in [3.63, 3.8) is 0 Å². The van der Waals surface area contributed by atoms with Gasteiger partial charge in [-0.2, -0.15) is 0 Å². The maximum atomic E-state index is 12.2. The fourth-order valence-corrected chi connectivity index (χ4v) is 3.58. The number of carbonyl (C=O) groups excluding carboxylic acids is 1. The maximum Gasteiger partial charge on any atom is 0.319 e. The number of rotatable bonds is 2. The molecule has 2 amide bonds. The first-order valence-corrected chi connectivity index (χ1v) is 8.42. The molecule has 4 nitrogen and oxygen atoms in total. The van der Waals surface area contributed by atoms with Crippen LogP contribution in [0.1, 0.15) is 23.2 Å². The molecule has 0 bridgehead atoms. The molecule has 0 aliphatic heterocycles. The number of anilines is 1. The van der Waals surface area contributed by atoms with Crippen molar-refractivity contribution in [1.29, 1.82) is 0 Å². The molecule has 4 rings (SSSR count). The second-order valence-electron chi connectivity index (χ2n) is 6.54. The number of aromatic amines is 1. The average molecular weight is 319 g/mol. The van der Waals surface area contributed by atoms with E-state index < -0.39 is 0 Å². The molecule has 24 heavy (non-hydrogen) atoms. The smallest absolute Gasteiger partial charge is 0.319 e. The number of fused-ring (bicyclic) bond motifs is 3. The summed E-state index contributed by atoms with van der Waals surface area (Å²) in [6, 6.07) is 16.3. The molecule has 1 unspecified atom stereocenters. The number of urea groups is 1. The average Bonchev–Trinajstić information content (AvgIpc) is 2.92. The Morgan fingerprint density at radius 2 is 2.04 bits per heavy atom. The van der Waals surface area contributed by atoms with Gasteiger partial charge in [0.05, 0.1) is 0 Å². The minimum Gasteiger partial charge on any atom is -0.358 e. The zero-order valence-electron chi connectivity index (χ0n) is 13.7. The second-order valence-corrected chi connectivity index (χ2v) is 6.54. The molecule has 4 heteroatoms. The van der Waals surface area contributed by atoms with Gasteiger partial charge >= 0.3 is 6.03 Å². The molecule has 1 heterocycles. The van der Waals surface area contributed by atoms with Crippen LogP contribution in [0.3, 0.4) is 0 Å². The molecule has 3 N–H and O–H groups in total. The Balaban J connectivity index is 1.44. The van der Waals surface area contributed by atoms with Crippen LogP contribution in [0.25, 0.3) is 10.9 Å². The van der Waals surface area contributed by atoms with Gasteiger partial charge in [-0.15, -0.1) is 0 Å². The molecule has 1 aromatic heterocycles. The van der Waals surface area contributed by atoms with Crippen molar-refractivity contribution in [2.24, 2.45) is 0 Å². The lowest BCUT2D eigenvalue weighted by atomic mass is 9.92. The van der Waals surface area contributed by atoms with Crippen molar-refractivity contribution in [2.75, 3.05) is 5.32 Å². The standard InChI is InChI=1S/C20H21N3O/c1-13-5-4-6-14(11-13)21-20(24)22-15-9-10-17-16-7-2-3-8-18(16)23-19(17)12-15/h2-8,11,15,23H,9-10,12H2,1H3,(H2,21,22,24). The summed E-state index contributed by atoms with van der Waals surface area (Å²) in [5.41, 5.74) is 5.81. The lowest BCUT2D eigenvalue weighted by Gasteiger charge is -2.23. The van der Waals surface area contributed by atoms with Crippen LogP contribution in [0.15, 0.2) is 48.5 Å². The number of hydrogen-bond acceptors (Lipinski definition) is 1. The van der Waals surface area contributed by atoms with Gasteiger partial charge in [-0.05, 0) is 49.1 Å². The Labute approximate surface area is 141 Å². The SMILES string of the molecule is Cc1cccc(NC(=O)NC2CCc3c([nH]c4ccccc34)C2)c1. The summed E-state index contributed by atoms with van der Waals surface area (Å²) >= 11 is 0. The number of aryl methyl sites for hydroxylation is 2. The lowest BCUT2D eigenvalue weighted by Crippen LogP contribution is -2.41. The van der Waals surface area contributed by atoms with Gasteiger partial charge in [0, 0.05) is 34.7 Å². The summed E-state index contributed by atoms with van der Waals surface area (Å²) in [6.45, 7) is 2.02. The largest absolute Gasteiger partial charge is 0.358 e. The zero-order chi connectivity index (χ0) is 16.5. The Kier molecular flexibility index (Phi) is 3.73. The molecule has 3 aromatic rings. The van der Waals surface area contributed by atoms with Gasteiger partial charge in [0.25, 0.3) is 0 Å². The Bertz CT molecular complexity index is 897. The molecule has 0 saturated carbocycles. The van der Waals surface area contributed by atoms with Gasteiger partial charge in [0.15, 0.2) is 0 Å².